The van der Waals surface area contributed by atoms with Gasteiger partial charge in [0.1, 0.15) is 5.75 Å². The molecule has 0 aliphatic heterocycles. The third kappa shape index (κ3) is 2.28. The second kappa shape index (κ2) is 5.35. The predicted molar refractivity (Wildman–Crippen MR) is 78.0 cm³/mol. The highest BCUT2D eigenvalue weighted by Crippen LogP contribution is 2.44. The second-order valence-electron chi connectivity index (χ2n) is 4.98. The van der Waals surface area contributed by atoms with Gasteiger partial charge in [-0.15, -0.1) is 11.3 Å². The lowest BCUT2D eigenvalue weighted by Crippen LogP contribution is -2.16. The van der Waals surface area contributed by atoms with Crippen LogP contribution in [-0.2, 0) is 6.42 Å². The zero-order valence-electron chi connectivity index (χ0n) is 11.0. The standard InChI is InChI=1S/C16H18O2S/c1-18-14-7-3-2-5-13(14)16(17)12-6-4-8-15-11(12)9-10-19-15/h2-3,5,7,9-10,12,16-17H,4,6,8H2,1H3. The van der Waals surface area contributed by atoms with Crippen molar-refractivity contribution in [2.45, 2.75) is 31.3 Å². The van der Waals surface area contributed by atoms with Crippen LogP contribution in [-0.4, -0.2) is 12.2 Å². The van der Waals surface area contributed by atoms with Crippen LogP contribution in [0.1, 0.15) is 40.9 Å². The molecule has 3 heteroatoms. The van der Waals surface area contributed by atoms with Crippen molar-refractivity contribution in [3.8, 4) is 5.75 Å². The van der Waals surface area contributed by atoms with E-state index in [2.05, 4.69) is 11.4 Å². The van der Waals surface area contributed by atoms with Crippen molar-refractivity contribution in [1.82, 2.24) is 0 Å². The number of hydrogen-bond acceptors (Lipinski definition) is 3. The average molecular weight is 274 g/mol. The number of thiophene rings is 1. The zero-order chi connectivity index (χ0) is 13.2. The number of rotatable bonds is 3. The van der Waals surface area contributed by atoms with Gasteiger partial charge < -0.3 is 9.84 Å². The quantitative estimate of drug-likeness (QED) is 0.919. The minimum absolute atomic E-state index is 0.200. The summed E-state index contributed by atoms with van der Waals surface area (Å²) < 4.78 is 5.37. The molecule has 100 valence electrons. The van der Waals surface area contributed by atoms with Gasteiger partial charge in [-0.25, -0.2) is 0 Å². The van der Waals surface area contributed by atoms with E-state index in [-0.39, 0.29) is 5.92 Å². The van der Waals surface area contributed by atoms with E-state index in [4.69, 9.17) is 4.74 Å². The summed E-state index contributed by atoms with van der Waals surface area (Å²) >= 11 is 1.81. The lowest BCUT2D eigenvalue weighted by molar-refractivity contribution is 0.133. The predicted octanol–water partition coefficient (Wildman–Crippen LogP) is 3.91. The Morgan fingerprint density at radius 3 is 3.00 bits per heavy atom. The van der Waals surface area contributed by atoms with Crippen LogP contribution >= 0.6 is 11.3 Å². The Morgan fingerprint density at radius 2 is 2.16 bits per heavy atom. The highest BCUT2D eigenvalue weighted by Gasteiger charge is 2.29. The van der Waals surface area contributed by atoms with Gasteiger partial charge in [-0.2, -0.15) is 0 Å². The zero-order valence-corrected chi connectivity index (χ0v) is 11.8. The fraction of sp³-hybridized carbons (Fsp3) is 0.375. The number of aliphatic hydroxyl groups excluding tert-OH is 1. The van der Waals surface area contributed by atoms with Crippen molar-refractivity contribution in [2.24, 2.45) is 0 Å². The molecule has 2 unspecified atom stereocenters. The third-order valence-corrected chi connectivity index (χ3v) is 4.93. The minimum Gasteiger partial charge on any atom is -0.496 e. The number of ether oxygens (including phenoxy) is 1. The SMILES string of the molecule is COc1ccccc1C(O)C1CCCc2sccc21. The maximum atomic E-state index is 10.7. The Labute approximate surface area is 117 Å². The Morgan fingerprint density at radius 1 is 1.32 bits per heavy atom. The summed E-state index contributed by atoms with van der Waals surface area (Å²) in [5.41, 5.74) is 2.23. The van der Waals surface area contributed by atoms with Crippen molar-refractivity contribution < 1.29 is 9.84 Å². The van der Waals surface area contributed by atoms with E-state index in [0.717, 1.165) is 30.6 Å². The number of para-hydroxylation sites is 1. The van der Waals surface area contributed by atoms with Crippen molar-refractivity contribution in [2.75, 3.05) is 7.11 Å². The normalized spacial score (nSPS) is 19.8. The third-order valence-electron chi connectivity index (χ3n) is 3.94. The van der Waals surface area contributed by atoms with Crippen molar-refractivity contribution in [1.29, 1.82) is 0 Å². The molecule has 2 nitrogen and oxygen atoms in total. The van der Waals surface area contributed by atoms with E-state index in [9.17, 15) is 5.11 Å². The Hall–Kier alpha value is -1.32. The van der Waals surface area contributed by atoms with Crippen molar-refractivity contribution >= 4 is 11.3 Å². The topological polar surface area (TPSA) is 29.5 Å². The molecule has 0 saturated carbocycles. The van der Waals surface area contributed by atoms with Crippen LogP contribution in [0.5, 0.6) is 5.75 Å². The van der Waals surface area contributed by atoms with Crippen LogP contribution in [0, 0.1) is 0 Å². The summed E-state index contributed by atoms with van der Waals surface area (Å²) in [5.74, 6) is 0.976. The number of aryl methyl sites for hydroxylation is 1. The molecule has 0 saturated heterocycles. The van der Waals surface area contributed by atoms with Crippen LogP contribution in [0.4, 0.5) is 0 Å². The van der Waals surface area contributed by atoms with Gasteiger partial charge in [0.15, 0.2) is 0 Å². The molecule has 0 radical (unpaired) electrons. The van der Waals surface area contributed by atoms with Gasteiger partial charge in [0.05, 0.1) is 13.2 Å². The van der Waals surface area contributed by atoms with Crippen LogP contribution in [0.3, 0.4) is 0 Å². The first-order valence-corrected chi connectivity index (χ1v) is 7.56. The fourth-order valence-electron chi connectivity index (χ4n) is 2.98. The van der Waals surface area contributed by atoms with Crippen LogP contribution in [0.15, 0.2) is 35.7 Å². The maximum absolute atomic E-state index is 10.7. The monoisotopic (exact) mass is 274 g/mol. The summed E-state index contributed by atoms with van der Waals surface area (Å²) in [5, 5.41) is 12.9. The van der Waals surface area contributed by atoms with Gasteiger partial charge in [-0.1, -0.05) is 18.2 Å². The van der Waals surface area contributed by atoms with Crippen LogP contribution in [0.25, 0.3) is 0 Å². The average Bonchev–Trinajstić information content (AvgIpc) is 2.94. The fourth-order valence-corrected chi connectivity index (χ4v) is 3.97. The lowest BCUT2D eigenvalue weighted by Gasteiger charge is -2.28. The van der Waals surface area contributed by atoms with E-state index < -0.39 is 6.10 Å². The number of aliphatic hydroxyl groups is 1. The molecular formula is C16H18O2S. The second-order valence-corrected chi connectivity index (χ2v) is 5.99. The number of benzene rings is 1. The highest BCUT2D eigenvalue weighted by atomic mass is 32.1. The Bertz CT molecular complexity index is 561. The van der Waals surface area contributed by atoms with Crippen LogP contribution < -0.4 is 4.74 Å². The van der Waals surface area contributed by atoms with Crippen LogP contribution in [0.2, 0.25) is 0 Å². The first-order valence-electron chi connectivity index (χ1n) is 6.68. The van der Waals surface area contributed by atoms with Gasteiger partial charge in [-0.3, -0.25) is 0 Å². The summed E-state index contributed by atoms with van der Waals surface area (Å²) in [6, 6.07) is 9.94. The molecule has 0 bridgehead atoms. The summed E-state index contributed by atoms with van der Waals surface area (Å²) in [4.78, 5) is 1.44. The van der Waals surface area contributed by atoms with Gasteiger partial charge in [0.25, 0.3) is 0 Å². The molecule has 0 amide bonds. The Balaban J connectivity index is 1.95. The molecule has 1 aliphatic rings. The summed E-state index contributed by atoms with van der Waals surface area (Å²) in [7, 11) is 1.66. The maximum Gasteiger partial charge on any atom is 0.124 e. The molecule has 1 heterocycles. The van der Waals surface area contributed by atoms with Gasteiger partial charge in [0.2, 0.25) is 0 Å². The first-order chi connectivity index (χ1) is 9.31. The lowest BCUT2D eigenvalue weighted by atomic mass is 9.81. The van der Waals surface area contributed by atoms with E-state index in [0.29, 0.717) is 0 Å². The van der Waals surface area contributed by atoms with E-state index >= 15 is 0 Å². The molecule has 19 heavy (non-hydrogen) atoms. The molecule has 2 aromatic rings. The molecule has 1 aromatic heterocycles. The van der Waals surface area contributed by atoms with Crippen molar-refractivity contribution in [3.05, 3.63) is 51.7 Å². The van der Waals surface area contributed by atoms with Gasteiger partial charge in [0, 0.05) is 16.4 Å². The summed E-state index contributed by atoms with van der Waals surface area (Å²) in [6.07, 6.45) is 2.87. The molecule has 3 rings (SSSR count). The molecule has 2 atom stereocenters. The van der Waals surface area contributed by atoms with E-state index in [1.807, 2.05) is 35.6 Å². The van der Waals surface area contributed by atoms with Gasteiger partial charge >= 0.3 is 0 Å². The molecule has 1 N–H and O–H groups in total. The van der Waals surface area contributed by atoms with E-state index in [1.54, 1.807) is 7.11 Å². The molecule has 0 fully saturated rings. The number of methoxy groups -OCH3 is 1. The molecule has 1 aromatic carbocycles. The molecular weight excluding hydrogens is 256 g/mol. The first kappa shape index (κ1) is 12.7. The largest absolute Gasteiger partial charge is 0.496 e. The molecule has 1 aliphatic carbocycles. The van der Waals surface area contributed by atoms with Crippen molar-refractivity contribution in [3.63, 3.8) is 0 Å². The van der Waals surface area contributed by atoms with Gasteiger partial charge in [-0.05, 0) is 42.3 Å². The van der Waals surface area contributed by atoms with E-state index in [1.165, 1.54) is 10.4 Å². The highest BCUT2D eigenvalue weighted by molar-refractivity contribution is 7.10. The Kier molecular flexibility index (Phi) is 3.58. The number of hydrogen-bond donors (Lipinski definition) is 1. The summed E-state index contributed by atoms with van der Waals surface area (Å²) in [6.45, 7) is 0. The molecule has 0 spiro atoms. The smallest absolute Gasteiger partial charge is 0.124 e. The number of fused-ring (bicyclic) bond motifs is 1. The minimum atomic E-state index is -0.482.